The molecule has 0 fully saturated rings. The molecule has 0 saturated heterocycles. The van der Waals surface area contributed by atoms with Crippen LogP contribution in [0.1, 0.15) is 27.4 Å². The second kappa shape index (κ2) is 10.2. The Morgan fingerprint density at radius 1 is 1.03 bits per heavy atom. The van der Waals surface area contributed by atoms with Crippen molar-refractivity contribution in [2.24, 2.45) is 0 Å². The van der Waals surface area contributed by atoms with Crippen molar-refractivity contribution in [2.75, 3.05) is 19.5 Å². The third-order valence-electron chi connectivity index (χ3n) is 4.90. The quantitative estimate of drug-likeness (QED) is 0.431. The van der Waals surface area contributed by atoms with E-state index in [9.17, 15) is 4.79 Å². The predicted octanol–water partition coefficient (Wildman–Crippen LogP) is 4.39. The zero-order valence-corrected chi connectivity index (χ0v) is 18.4. The van der Waals surface area contributed by atoms with Gasteiger partial charge in [-0.3, -0.25) is 9.48 Å². The molecule has 4 rings (SSSR count). The standard InChI is InChI=1S/C26H23N3O4/c1-31-23-12-9-20(16-25(23)32-2)14-15-29-18-21(17-27-29)28-26(30)24-13-11-22(33-24)10-8-19-6-4-3-5-7-19/h3-7,9,11-13,16-18H,14-15H2,1-2H3,(H,28,30). The Morgan fingerprint density at radius 3 is 2.64 bits per heavy atom. The van der Waals surface area contributed by atoms with Crippen LogP contribution in [0.4, 0.5) is 5.69 Å². The van der Waals surface area contributed by atoms with Gasteiger partial charge < -0.3 is 19.2 Å². The minimum atomic E-state index is -0.359. The van der Waals surface area contributed by atoms with Gasteiger partial charge in [-0.15, -0.1) is 0 Å². The smallest absolute Gasteiger partial charge is 0.291 e. The molecule has 0 radical (unpaired) electrons. The van der Waals surface area contributed by atoms with Crippen LogP contribution in [0.3, 0.4) is 0 Å². The lowest BCUT2D eigenvalue weighted by Crippen LogP contribution is -2.10. The van der Waals surface area contributed by atoms with Crippen molar-refractivity contribution in [3.63, 3.8) is 0 Å². The van der Waals surface area contributed by atoms with Gasteiger partial charge in [0.25, 0.3) is 5.91 Å². The number of rotatable bonds is 7. The zero-order chi connectivity index (χ0) is 23.0. The average molecular weight is 441 g/mol. The Labute approximate surface area is 191 Å². The molecule has 33 heavy (non-hydrogen) atoms. The highest BCUT2D eigenvalue weighted by Crippen LogP contribution is 2.27. The largest absolute Gasteiger partial charge is 0.493 e. The molecule has 0 aliphatic heterocycles. The predicted molar refractivity (Wildman–Crippen MR) is 125 cm³/mol. The molecule has 7 heteroatoms. The first-order valence-electron chi connectivity index (χ1n) is 10.4. The summed E-state index contributed by atoms with van der Waals surface area (Å²) < 4.78 is 17.9. The molecular formula is C26H23N3O4. The SMILES string of the molecule is COc1ccc(CCn2cc(NC(=O)c3ccc(C#Cc4ccccc4)o3)cn2)cc1OC. The maximum atomic E-state index is 12.5. The number of benzene rings is 2. The van der Waals surface area contributed by atoms with Crippen LogP contribution in [0.2, 0.25) is 0 Å². The lowest BCUT2D eigenvalue weighted by atomic mass is 10.1. The van der Waals surface area contributed by atoms with Crippen LogP contribution in [0.25, 0.3) is 0 Å². The van der Waals surface area contributed by atoms with E-state index in [1.165, 1.54) is 0 Å². The number of carbonyl (C=O) groups excluding carboxylic acids is 1. The first-order valence-corrected chi connectivity index (χ1v) is 10.4. The minimum Gasteiger partial charge on any atom is -0.493 e. The molecule has 0 spiro atoms. The number of anilines is 1. The van der Waals surface area contributed by atoms with Gasteiger partial charge in [-0.1, -0.05) is 30.2 Å². The monoisotopic (exact) mass is 441 g/mol. The summed E-state index contributed by atoms with van der Waals surface area (Å²) in [5.41, 5.74) is 2.55. The molecule has 2 aromatic heterocycles. The number of carbonyl (C=O) groups is 1. The number of nitrogens with one attached hydrogen (secondary N) is 1. The van der Waals surface area contributed by atoms with E-state index in [1.54, 1.807) is 43.4 Å². The summed E-state index contributed by atoms with van der Waals surface area (Å²) >= 11 is 0. The molecule has 166 valence electrons. The van der Waals surface area contributed by atoms with Crippen molar-refractivity contribution in [3.8, 4) is 23.3 Å². The van der Waals surface area contributed by atoms with Crippen LogP contribution in [0, 0.1) is 11.8 Å². The normalized spacial score (nSPS) is 10.2. The lowest BCUT2D eigenvalue weighted by molar-refractivity contribution is 0.0996. The third-order valence-corrected chi connectivity index (χ3v) is 4.90. The van der Waals surface area contributed by atoms with E-state index < -0.39 is 0 Å². The Bertz CT molecular complexity index is 1300. The lowest BCUT2D eigenvalue weighted by Gasteiger charge is -2.09. The van der Waals surface area contributed by atoms with Gasteiger partial charge in [0.15, 0.2) is 23.0 Å². The van der Waals surface area contributed by atoms with Crippen molar-refractivity contribution >= 4 is 11.6 Å². The molecule has 7 nitrogen and oxygen atoms in total. The summed E-state index contributed by atoms with van der Waals surface area (Å²) in [5, 5.41) is 7.11. The molecule has 0 unspecified atom stereocenters. The first-order chi connectivity index (χ1) is 16.1. The highest BCUT2D eigenvalue weighted by Gasteiger charge is 2.12. The van der Waals surface area contributed by atoms with E-state index in [-0.39, 0.29) is 11.7 Å². The van der Waals surface area contributed by atoms with Gasteiger partial charge in [-0.05, 0) is 54.3 Å². The highest BCUT2D eigenvalue weighted by molar-refractivity contribution is 6.02. The Morgan fingerprint density at radius 2 is 1.85 bits per heavy atom. The maximum Gasteiger partial charge on any atom is 0.291 e. The summed E-state index contributed by atoms with van der Waals surface area (Å²) in [4.78, 5) is 12.5. The minimum absolute atomic E-state index is 0.186. The third kappa shape index (κ3) is 5.63. The van der Waals surface area contributed by atoms with Crippen LogP contribution >= 0.6 is 0 Å². The molecule has 2 heterocycles. The number of ether oxygens (including phenoxy) is 2. The van der Waals surface area contributed by atoms with Gasteiger partial charge in [0, 0.05) is 18.3 Å². The molecule has 0 atom stereocenters. The van der Waals surface area contributed by atoms with Gasteiger partial charge in [0.2, 0.25) is 0 Å². The summed E-state index contributed by atoms with van der Waals surface area (Å²) in [5.74, 6) is 7.56. The van der Waals surface area contributed by atoms with Crippen LogP contribution < -0.4 is 14.8 Å². The van der Waals surface area contributed by atoms with Crippen LogP contribution in [0.15, 0.2) is 77.5 Å². The number of aryl methyl sites for hydroxylation is 2. The fourth-order valence-electron chi connectivity index (χ4n) is 3.21. The topological polar surface area (TPSA) is 78.5 Å². The molecule has 0 saturated carbocycles. The highest BCUT2D eigenvalue weighted by atomic mass is 16.5. The molecule has 0 aliphatic carbocycles. The summed E-state index contributed by atoms with van der Waals surface area (Å²) in [6.45, 7) is 0.644. The molecule has 0 bridgehead atoms. The van der Waals surface area contributed by atoms with Crippen molar-refractivity contribution in [2.45, 2.75) is 13.0 Å². The number of furan rings is 1. The first kappa shape index (κ1) is 21.8. The van der Waals surface area contributed by atoms with Crippen molar-refractivity contribution in [1.82, 2.24) is 9.78 Å². The van der Waals surface area contributed by atoms with E-state index in [4.69, 9.17) is 13.9 Å². The van der Waals surface area contributed by atoms with E-state index in [1.807, 2.05) is 48.5 Å². The Kier molecular flexibility index (Phi) is 6.76. The van der Waals surface area contributed by atoms with Gasteiger partial charge in [0.1, 0.15) is 0 Å². The number of methoxy groups -OCH3 is 2. The van der Waals surface area contributed by atoms with E-state index in [0.29, 0.717) is 29.5 Å². The Hall–Kier alpha value is -4.44. The van der Waals surface area contributed by atoms with E-state index in [2.05, 4.69) is 22.3 Å². The molecular weight excluding hydrogens is 418 g/mol. The molecule has 4 aromatic rings. The second-order valence-corrected chi connectivity index (χ2v) is 7.17. The summed E-state index contributed by atoms with van der Waals surface area (Å²) in [6.07, 6.45) is 4.13. The van der Waals surface area contributed by atoms with Crippen molar-refractivity contribution in [1.29, 1.82) is 0 Å². The number of amides is 1. The number of aromatic nitrogens is 2. The van der Waals surface area contributed by atoms with Crippen molar-refractivity contribution < 1.29 is 18.7 Å². The zero-order valence-electron chi connectivity index (χ0n) is 18.4. The molecule has 2 aromatic carbocycles. The van der Waals surface area contributed by atoms with Gasteiger partial charge in [-0.2, -0.15) is 5.10 Å². The second-order valence-electron chi connectivity index (χ2n) is 7.17. The van der Waals surface area contributed by atoms with E-state index >= 15 is 0 Å². The van der Waals surface area contributed by atoms with Crippen LogP contribution in [-0.2, 0) is 13.0 Å². The molecule has 1 amide bonds. The number of nitrogens with zero attached hydrogens (tertiary/aromatic N) is 2. The van der Waals surface area contributed by atoms with Gasteiger partial charge in [0.05, 0.1) is 26.1 Å². The summed E-state index contributed by atoms with van der Waals surface area (Å²) in [7, 11) is 3.22. The van der Waals surface area contributed by atoms with Crippen molar-refractivity contribution in [3.05, 3.63) is 95.7 Å². The summed E-state index contributed by atoms with van der Waals surface area (Å²) in [6, 6.07) is 18.7. The molecule has 0 aliphatic rings. The number of hydrogen-bond acceptors (Lipinski definition) is 5. The van der Waals surface area contributed by atoms with E-state index in [0.717, 1.165) is 17.5 Å². The van der Waals surface area contributed by atoms with Gasteiger partial charge >= 0.3 is 0 Å². The fraction of sp³-hybridized carbons (Fsp3) is 0.154. The van der Waals surface area contributed by atoms with Crippen LogP contribution in [-0.4, -0.2) is 29.9 Å². The van der Waals surface area contributed by atoms with Crippen LogP contribution in [0.5, 0.6) is 11.5 Å². The van der Waals surface area contributed by atoms with Gasteiger partial charge in [-0.25, -0.2) is 0 Å². The molecule has 1 N–H and O–H groups in total. The Balaban J connectivity index is 1.34. The average Bonchev–Trinajstić information content (AvgIpc) is 3.51. The fourth-order valence-corrected chi connectivity index (χ4v) is 3.21. The maximum absolute atomic E-state index is 12.5. The number of hydrogen-bond donors (Lipinski definition) is 1.